The molecule has 0 saturated carbocycles. The molecule has 0 atom stereocenters. The third-order valence-corrected chi connectivity index (χ3v) is 3.07. The Morgan fingerprint density at radius 1 is 1.28 bits per heavy atom. The van der Waals surface area contributed by atoms with Gasteiger partial charge in [-0.3, -0.25) is 4.68 Å². The standard InChI is InChI=1S/C14H18FN3/c1-3-11-8-12(4-2)18(17-11)9-10-6-5-7-13(16)14(10)15/h5-8H,3-4,9,16H2,1-2H3. The van der Waals surface area contributed by atoms with Crippen LogP contribution in [0.25, 0.3) is 0 Å². The topological polar surface area (TPSA) is 43.8 Å². The van der Waals surface area contributed by atoms with Gasteiger partial charge in [-0.15, -0.1) is 0 Å². The highest BCUT2D eigenvalue weighted by Gasteiger charge is 2.10. The van der Waals surface area contributed by atoms with Gasteiger partial charge < -0.3 is 5.73 Å². The molecule has 0 radical (unpaired) electrons. The molecule has 0 bridgehead atoms. The molecule has 0 amide bonds. The number of hydrogen-bond acceptors (Lipinski definition) is 2. The van der Waals surface area contributed by atoms with E-state index in [2.05, 4.69) is 25.0 Å². The maximum absolute atomic E-state index is 13.8. The first kappa shape index (κ1) is 12.6. The van der Waals surface area contributed by atoms with Crippen LogP contribution in [-0.4, -0.2) is 9.78 Å². The Labute approximate surface area is 106 Å². The van der Waals surface area contributed by atoms with E-state index < -0.39 is 0 Å². The van der Waals surface area contributed by atoms with Gasteiger partial charge in [-0.2, -0.15) is 5.10 Å². The van der Waals surface area contributed by atoms with Crippen LogP contribution in [-0.2, 0) is 19.4 Å². The van der Waals surface area contributed by atoms with Crippen molar-refractivity contribution in [2.75, 3.05) is 5.73 Å². The Morgan fingerprint density at radius 2 is 2.06 bits per heavy atom. The van der Waals surface area contributed by atoms with Crippen LogP contribution in [0.4, 0.5) is 10.1 Å². The highest BCUT2D eigenvalue weighted by molar-refractivity contribution is 5.43. The van der Waals surface area contributed by atoms with E-state index in [0.717, 1.165) is 24.2 Å². The van der Waals surface area contributed by atoms with Gasteiger partial charge in [0.15, 0.2) is 5.82 Å². The molecule has 0 aliphatic rings. The third kappa shape index (κ3) is 2.37. The predicted octanol–water partition coefficient (Wildman–Crippen LogP) is 2.78. The summed E-state index contributed by atoms with van der Waals surface area (Å²) in [5.41, 5.74) is 8.50. The highest BCUT2D eigenvalue weighted by atomic mass is 19.1. The van der Waals surface area contributed by atoms with Crippen LogP contribution in [0.3, 0.4) is 0 Å². The van der Waals surface area contributed by atoms with Gasteiger partial charge in [-0.25, -0.2) is 4.39 Å². The van der Waals surface area contributed by atoms with Crippen molar-refractivity contribution in [1.29, 1.82) is 0 Å². The molecule has 2 rings (SSSR count). The Balaban J connectivity index is 2.33. The van der Waals surface area contributed by atoms with E-state index in [1.807, 2.05) is 4.68 Å². The SMILES string of the molecule is CCc1cc(CC)n(Cc2cccc(N)c2F)n1. The number of nitrogen functional groups attached to an aromatic ring is 1. The molecular formula is C14H18FN3. The molecule has 4 heteroatoms. The summed E-state index contributed by atoms with van der Waals surface area (Å²) in [7, 11) is 0. The fourth-order valence-electron chi connectivity index (χ4n) is 1.99. The van der Waals surface area contributed by atoms with Crippen LogP contribution in [0, 0.1) is 5.82 Å². The lowest BCUT2D eigenvalue weighted by Crippen LogP contribution is -2.08. The van der Waals surface area contributed by atoms with Gasteiger partial charge in [0.25, 0.3) is 0 Å². The number of nitrogens with zero attached hydrogens (tertiary/aromatic N) is 2. The summed E-state index contributed by atoms with van der Waals surface area (Å²) in [6, 6.07) is 7.16. The van der Waals surface area contributed by atoms with E-state index in [0.29, 0.717) is 12.1 Å². The fraction of sp³-hybridized carbons (Fsp3) is 0.357. The van der Waals surface area contributed by atoms with Gasteiger partial charge in [0.2, 0.25) is 0 Å². The molecule has 2 N–H and O–H groups in total. The van der Waals surface area contributed by atoms with Crippen LogP contribution in [0.1, 0.15) is 30.8 Å². The van der Waals surface area contributed by atoms with E-state index in [1.54, 1.807) is 18.2 Å². The summed E-state index contributed by atoms with van der Waals surface area (Å²) in [5, 5.41) is 4.47. The second kappa shape index (κ2) is 5.21. The zero-order valence-corrected chi connectivity index (χ0v) is 10.8. The molecule has 0 aliphatic heterocycles. The zero-order chi connectivity index (χ0) is 13.1. The Morgan fingerprint density at radius 3 is 2.72 bits per heavy atom. The Hall–Kier alpha value is -1.84. The number of benzene rings is 1. The minimum Gasteiger partial charge on any atom is -0.396 e. The Kier molecular flexibility index (Phi) is 3.65. The van der Waals surface area contributed by atoms with Gasteiger partial charge in [-0.05, 0) is 25.0 Å². The summed E-state index contributed by atoms with van der Waals surface area (Å²) in [6.07, 6.45) is 1.77. The average molecular weight is 247 g/mol. The molecule has 96 valence electrons. The number of aryl methyl sites for hydroxylation is 2. The largest absolute Gasteiger partial charge is 0.396 e. The van der Waals surface area contributed by atoms with Crippen LogP contribution in [0.15, 0.2) is 24.3 Å². The summed E-state index contributed by atoms with van der Waals surface area (Å²) in [5.74, 6) is -0.340. The van der Waals surface area contributed by atoms with Crippen LogP contribution in [0.5, 0.6) is 0 Å². The number of aromatic nitrogens is 2. The molecule has 0 saturated heterocycles. The number of anilines is 1. The van der Waals surface area contributed by atoms with Crippen molar-refractivity contribution in [2.24, 2.45) is 0 Å². The van der Waals surface area contributed by atoms with Gasteiger partial charge >= 0.3 is 0 Å². The second-order valence-electron chi connectivity index (χ2n) is 4.31. The first-order valence-corrected chi connectivity index (χ1v) is 6.24. The summed E-state index contributed by atoms with van der Waals surface area (Å²) >= 11 is 0. The molecule has 1 heterocycles. The maximum atomic E-state index is 13.8. The summed E-state index contributed by atoms with van der Waals surface area (Å²) in [6.45, 7) is 4.57. The van der Waals surface area contributed by atoms with Crippen molar-refractivity contribution in [2.45, 2.75) is 33.2 Å². The second-order valence-corrected chi connectivity index (χ2v) is 4.31. The van der Waals surface area contributed by atoms with E-state index in [-0.39, 0.29) is 11.5 Å². The van der Waals surface area contributed by atoms with Gasteiger partial charge in [0, 0.05) is 11.3 Å². The first-order chi connectivity index (χ1) is 8.65. The van der Waals surface area contributed by atoms with E-state index in [1.165, 1.54) is 0 Å². The van der Waals surface area contributed by atoms with Crippen molar-refractivity contribution in [1.82, 2.24) is 9.78 Å². The Bertz CT molecular complexity index is 546. The highest BCUT2D eigenvalue weighted by Crippen LogP contribution is 2.17. The molecule has 0 fully saturated rings. The molecular weight excluding hydrogens is 229 g/mol. The van der Waals surface area contributed by atoms with Gasteiger partial charge in [0.05, 0.1) is 17.9 Å². The van der Waals surface area contributed by atoms with Crippen LogP contribution >= 0.6 is 0 Å². The first-order valence-electron chi connectivity index (χ1n) is 6.24. The summed E-state index contributed by atoms with van der Waals surface area (Å²) in [4.78, 5) is 0. The number of hydrogen-bond donors (Lipinski definition) is 1. The molecule has 18 heavy (non-hydrogen) atoms. The van der Waals surface area contributed by atoms with E-state index in [4.69, 9.17) is 5.73 Å². The fourth-order valence-corrected chi connectivity index (χ4v) is 1.99. The summed E-state index contributed by atoms with van der Waals surface area (Å²) < 4.78 is 15.7. The number of nitrogens with two attached hydrogens (primary N) is 1. The zero-order valence-electron chi connectivity index (χ0n) is 10.8. The molecule has 3 nitrogen and oxygen atoms in total. The van der Waals surface area contributed by atoms with Gasteiger partial charge in [-0.1, -0.05) is 26.0 Å². The normalized spacial score (nSPS) is 10.8. The predicted molar refractivity (Wildman–Crippen MR) is 70.9 cm³/mol. The smallest absolute Gasteiger partial charge is 0.151 e. The van der Waals surface area contributed by atoms with Gasteiger partial charge in [0.1, 0.15) is 0 Å². The number of rotatable bonds is 4. The monoisotopic (exact) mass is 247 g/mol. The van der Waals surface area contributed by atoms with Crippen molar-refractivity contribution in [3.05, 3.63) is 47.0 Å². The van der Waals surface area contributed by atoms with E-state index in [9.17, 15) is 4.39 Å². The molecule has 0 aliphatic carbocycles. The quantitative estimate of drug-likeness (QED) is 0.844. The molecule has 1 aromatic heterocycles. The van der Waals surface area contributed by atoms with Crippen LogP contribution in [0.2, 0.25) is 0 Å². The lowest BCUT2D eigenvalue weighted by Gasteiger charge is -2.08. The molecule has 1 aromatic carbocycles. The third-order valence-electron chi connectivity index (χ3n) is 3.07. The van der Waals surface area contributed by atoms with Crippen molar-refractivity contribution >= 4 is 5.69 Å². The lowest BCUT2D eigenvalue weighted by molar-refractivity contribution is 0.577. The maximum Gasteiger partial charge on any atom is 0.151 e. The van der Waals surface area contributed by atoms with Crippen molar-refractivity contribution < 1.29 is 4.39 Å². The molecule has 0 unspecified atom stereocenters. The van der Waals surface area contributed by atoms with Crippen molar-refractivity contribution in [3.63, 3.8) is 0 Å². The molecule has 0 spiro atoms. The average Bonchev–Trinajstić information content (AvgIpc) is 2.77. The molecule has 2 aromatic rings. The van der Waals surface area contributed by atoms with E-state index >= 15 is 0 Å². The van der Waals surface area contributed by atoms with Crippen molar-refractivity contribution in [3.8, 4) is 0 Å². The number of halogens is 1. The minimum absolute atomic E-state index is 0.188. The van der Waals surface area contributed by atoms with Crippen LogP contribution < -0.4 is 5.73 Å². The minimum atomic E-state index is -0.340. The lowest BCUT2D eigenvalue weighted by atomic mass is 10.2.